The standard InChI is InChI=1S/C40H34O10/c1-3-17-45-35-13-9-27-11-15-37(21-31(27)19-35)47-23-33(41)25-49-39(43)29-5-7-30(8-6-29)40(44)50-26-34(42)24-48-38-16-12-28-10-14-36(46-18-4-2)20-32(28)22-38/h1-2,5-16,19-22,33-34,41-42H,17-18,23-26H2. The Morgan fingerprint density at radius 2 is 0.840 bits per heavy atom. The van der Waals surface area contributed by atoms with Gasteiger partial charge in [0.25, 0.3) is 0 Å². The number of benzene rings is 5. The summed E-state index contributed by atoms with van der Waals surface area (Å²) in [4.78, 5) is 25.0. The van der Waals surface area contributed by atoms with E-state index in [-0.39, 0.29) is 50.8 Å². The third kappa shape index (κ3) is 9.91. The molecular weight excluding hydrogens is 640 g/mol. The minimum Gasteiger partial charge on any atom is -0.491 e. The lowest BCUT2D eigenvalue weighted by atomic mass is 10.1. The average molecular weight is 675 g/mol. The van der Waals surface area contributed by atoms with E-state index in [1.807, 2.05) is 48.5 Å². The summed E-state index contributed by atoms with van der Waals surface area (Å²) in [5.74, 6) is 5.77. The molecule has 0 heterocycles. The van der Waals surface area contributed by atoms with Crippen molar-refractivity contribution in [3.05, 3.63) is 108 Å². The van der Waals surface area contributed by atoms with Crippen LogP contribution < -0.4 is 18.9 Å². The molecule has 0 amide bonds. The summed E-state index contributed by atoms with van der Waals surface area (Å²) in [6.45, 7) is -0.511. The average Bonchev–Trinajstić information content (AvgIpc) is 3.15. The van der Waals surface area contributed by atoms with Crippen molar-refractivity contribution in [3.63, 3.8) is 0 Å². The third-order valence-electron chi connectivity index (χ3n) is 7.27. The zero-order valence-corrected chi connectivity index (χ0v) is 27.0. The van der Waals surface area contributed by atoms with E-state index in [4.69, 9.17) is 41.3 Å². The number of carbonyl (C=O) groups is 2. The fourth-order valence-corrected chi connectivity index (χ4v) is 4.75. The van der Waals surface area contributed by atoms with Gasteiger partial charge in [0.2, 0.25) is 0 Å². The van der Waals surface area contributed by atoms with Crippen molar-refractivity contribution in [2.45, 2.75) is 12.2 Å². The summed E-state index contributed by atoms with van der Waals surface area (Å²) >= 11 is 0. The van der Waals surface area contributed by atoms with Gasteiger partial charge in [-0.1, -0.05) is 36.1 Å². The Kier molecular flexibility index (Phi) is 12.1. The maximum Gasteiger partial charge on any atom is 0.338 e. The Labute approximate surface area is 289 Å². The van der Waals surface area contributed by atoms with Gasteiger partial charge in [-0.25, -0.2) is 9.59 Å². The van der Waals surface area contributed by atoms with Crippen molar-refractivity contribution in [2.24, 2.45) is 0 Å². The minimum atomic E-state index is -1.09. The fourth-order valence-electron chi connectivity index (χ4n) is 4.75. The molecule has 254 valence electrons. The molecule has 2 unspecified atom stereocenters. The molecule has 2 atom stereocenters. The van der Waals surface area contributed by atoms with Crippen LogP contribution in [0.25, 0.3) is 21.5 Å². The van der Waals surface area contributed by atoms with Crippen molar-refractivity contribution >= 4 is 33.5 Å². The Balaban J connectivity index is 1.02. The van der Waals surface area contributed by atoms with E-state index in [1.165, 1.54) is 24.3 Å². The lowest BCUT2D eigenvalue weighted by molar-refractivity contribution is 0.0124. The fraction of sp³-hybridized carbons (Fsp3) is 0.200. The quantitative estimate of drug-likeness (QED) is 0.106. The van der Waals surface area contributed by atoms with Gasteiger partial charge in [-0.2, -0.15) is 0 Å². The highest BCUT2D eigenvalue weighted by molar-refractivity contribution is 5.93. The van der Waals surface area contributed by atoms with Crippen molar-refractivity contribution < 1.29 is 48.2 Å². The Hall–Kier alpha value is -6.20. The van der Waals surface area contributed by atoms with Crippen LogP contribution in [0.2, 0.25) is 0 Å². The summed E-state index contributed by atoms with van der Waals surface area (Å²) in [6.07, 6.45) is 8.33. The van der Waals surface area contributed by atoms with E-state index in [0.29, 0.717) is 23.0 Å². The smallest absolute Gasteiger partial charge is 0.338 e. The highest BCUT2D eigenvalue weighted by Gasteiger charge is 2.16. The lowest BCUT2D eigenvalue weighted by Crippen LogP contribution is -2.25. The molecule has 0 aliphatic carbocycles. The number of esters is 2. The number of aliphatic hydroxyl groups is 2. The normalized spacial score (nSPS) is 11.8. The molecule has 10 heteroatoms. The van der Waals surface area contributed by atoms with Crippen LogP contribution in [0.1, 0.15) is 20.7 Å². The zero-order valence-electron chi connectivity index (χ0n) is 27.0. The van der Waals surface area contributed by atoms with E-state index in [0.717, 1.165) is 21.5 Å². The molecule has 5 aromatic rings. The molecule has 0 aromatic heterocycles. The van der Waals surface area contributed by atoms with Crippen molar-refractivity contribution in [3.8, 4) is 47.7 Å². The highest BCUT2D eigenvalue weighted by Crippen LogP contribution is 2.26. The van der Waals surface area contributed by atoms with Gasteiger partial charge < -0.3 is 38.6 Å². The zero-order chi connectivity index (χ0) is 35.3. The molecule has 0 aliphatic heterocycles. The lowest BCUT2D eigenvalue weighted by Gasteiger charge is -2.14. The third-order valence-corrected chi connectivity index (χ3v) is 7.27. The number of hydrogen-bond donors (Lipinski definition) is 2. The summed E-state index contributed by atoms with van der Waals surface area (Å²) in [7, 11) is 0. The Morgan fingerprint density at radius 1 is 0.500 bits per heavy atom. The second-order valence-corrected chi connectivity index (χ2v) is 11.0. The first-order valence-corrected chi connectivity index (χ1v) is 15.6. The van der Waals surface area contributed by atoms with Gasteiger partial charge in [0.15, 0.2) is 0 Å². The molecule has 0 aliphatic rings. The van der Waals surface area contributed by atoms with Gasteiger partial charge >= 0.3 is 11.9 Å². The molecular formula is C40H34O10. The van der Waals surface area contributed by atoms with Crippen molar-refractivity contribution in [1.29, 1.82) is 0 Å². The molecule has 0 saturated heterocycles. The van der Waals surface area contributed by atoms with E-state index in [9.17, 15) is 19.8 Å². The van der Waals surface area contributed by atoms with E-state index in [2.05, 4.69) is 11.8 Å². The van der Waals surface area contributed by atoms with Gasteiger partial charge in [-0.15, -0.1) is 12.8 Å². The number of aliphatic hydroxyl groups excluding tert-OH is 2. The van der Waals surface area contributed by atoms with E-state index >= 15 is 0 Å². The maximum atomic E-state index is 12.5. The van der Waals surface area contributed by atoms with Crippen LogP contribution in [0, 0.1) is 24.7 Å². The molecule has 50 heavy (non-hydrogen) atoms. The molecule has 0 spiro atoms. The van der Waals surface area contributed by atoms with Crippen LogP contribution >= 0.6 is 0 Å². The first kappa shape index (κ1) is 35.1. The van der Waals surface area contributed by atoms with Gasteiger partial charge in [0, 0.05) is 0 Å². The summed E-state index contributed by atoms with van der Waals surface area (Å²) in [5.41, 5.74) is 0.344. The van der Waals surface area contributed by atoms with Gasteiger partial charge in [-0.05, 0) is 94.3 Å². The molecule has 0 radical (unpaired) electrons. The van der Waals surface area contributed by atoms with Gasteiger partial charge in [0.05, 0.1) is 11.1 Å². The molecule has 0 bridgehead atoms. The highest BCUT2D eigenvalue weighted by atomic mass is 16.6. The van der Waals surface area contributed by atoms with Gasteiger partial charge in [-0.3, -0.25) is 0 Å². The number of carbonyl (C=O) groups excluding carboxylic acids is 2. The second kappa shape index (κ2) is 17.3. The van der Waals surface area contributed by atoms with E-state index in [1.54, 1.807) is 24.3 Å². The molecule has 2 N–H and O–H groups in total. The molecule has 0 fully saturated rings. The SMILES string of the molecule is C#CCOc1ccc2ccc(OCC(O)COC(=O)c3ccc(C(=O)OCC(O)COc4ccc5ccc(OCC#C)cc5c4)cc3)cc2c1. The molecule has 10 nitrogen and oxygen atoms in total. The minimum absolute atomic E-state index is 0.111. The number of fused-ring (bicyclic) bond motifs is 2. The van der Waals surface area contributed by atoms with E-state index < -0.39 is 24.1 Å². The summed E-state index contributed by atoms with van der Waals surface area (Å²) < 4.78 is 32.7. The topological polar surface area (TPSA) is 130 Å². The molecule has 0 saturated carbocycles. The van der Waals surface area contributed by atoms with Crippen LogP contribution in [0.4, 0.5) is 0 Å². The number of terminal acetylenes is 2. The molecule has 5 rings (SSSR count). The summed E-state index contributed by atoms with van der Waals surface area (Å²) in [6, 6.07) is 27.6. The first-order valence-electron chi connectivity index (χ1n) is 15.6. The largest absolute Gasteiger partial charge is 0.491 e. The van der Waals surface area contributed by atoms with Crippen molar-refractivity contribution in [1.82, 2.24) is 0 Å². The number of hydrogen-bond acceptors (Lipinski definition) is 10. The monoisotopic (exact) mass is 674 g/mol. The Bertz CT molecular complexity index is 1880. The summed E-state index contributed by atoms with van der Waals surface area (Å²) in [5, 5.41) is 24.3. The first-order chi connectivity index (χ1) is 24.3. The van der Waals surface area contributed by atoms with Crippen LogP contribution in [0.15, 0.2) is 97.1 Å². The van der Waals surface area contributed by atoms with Gasteiger partial charge in [0.1, 0.15) is 74.8 Å². The predicted molar refractivity (Wildman–Crippen MR) is 187 cm³/mol. The number of ether oxygens (including phenoxy) is 6. The van der Waals surface area contributed by atoms with Crippen molar-refractivity contribution in [2.75, 3.05) is 39.6 Å². The van der Waals surface area contributed by atoms with Crippen LogP contribution in [-0.4, -0.2) is 74.0 Å². The predicted octanol–water partition coefficient (Wildman–Crippen LogP) is 5.21. The molecule has 5 aromatic carbocycles. The maximum absolute atomic E-state index is 12.5. The second-order valence-electron chi connectivity index (χ2n) is 11.0. The van der Waals surface area contributed by atoms with Crippen LogP contribution in [0.5, 0.6) is 23.0 Å². The number of rotatable bonds is 16. The van der Waals surface area contributed by atoms with Crippen LogP contribution in [-0.2, 0) is 9.47 Å². The van der Waals surface area contributed by atoms with Crippen LogP contribution in [0.3, 0.4) is 0 Å². The Morgan fingerprint density at radius 3 is 1.18 bits per heavy atom.